The third-order valence-corrected chi connectivity index (χ3v) is 2.81. The van der Waals surface area contributed by atoms with E-state index in [0.717, 1.165) is 0 Å². The second-order valence-corrected chi connectivity index (χ2v) is 5.58. The second kappa shape index (κ2) is 5.61. The van der Waals surface area contributed by atoms with Gasteiger partial charge in [-0.15, -0.1) is 0 Å². The fourth-order valence-corrected chi connectivity index (χ4v) is 1.75. The highest BCUT2D eigenvalue weighted by Crippen LogP contribution is 2.04. The second-order valence-electron chi connectivity index (χ2n) is 3.32. The molecular weight excluding hydrogens is 230 g/mol. The molecule has 0 radical (unpaired) electrons. The zero-order valence-corrected chi connectivity index (χ0v) is 9.79. The lowest BCUT2D eigenvalue weighted by Gasteiger charge is -2.05. The maximum Gasteiger partial charge on any atom is 0.239 e. The van der Waals surface area contributed by atoms with Crippen LogP contribution in [-0.4, -0.2) is 36.9 Å². The molecule has 0 fully saturated rings. The highest BCUT2D eigenvalue weighted by Gasteiger charge is 2.01. The number of anilines is 2. The van der Waals surface area contributed by atoms with Gasteiger partial charge in [-0.05, 0) is 12.5 Å². The number of aromatic nitrogens is 2. The summed E-state index contributed by atoms with van der Waals surface area (Å²) in [5, 5.41) is 2.98. The smallest absolute Gasteiger partial charge is 0.239 e. The van der Waals surface area contributed by atoms with Crippen LogP contribution < -0.4 is 16.6 Å². The Morgan fingerprint density at radius 1 is 1.50 bits per heavy atom. The molecule has 16 heavy (non-hydrogen) atoms. The van der Waals surface area contributed by atoms with Gasteiger partial charge >= 0.3 is 0 Å². The summed E-state index contributed by atoms with van der Waals surface area (Å²) in [7, 11) is -2.90. The lowest BCUT2D eigenvalue weighted by Crippen LogP contribution is -2.13. The van der Waals surface area contributed by atoms with Gasteiger partial charge in [-0.2, -0.15) is 4.98 Å². The molecule has 0 atom stereocenters. The predicted octanol–water partition coefficient (Wildman–Crippen LogP) is -0.391. The molecule has 7 nitrogen and oxygen atoms in total. The first-order valence-electron chi connectivity index (χ1n) is 4.72. The first kappa shape index (κ1) is 12.7. The van der Waals surface area contributed by atoms with Crippen LogP contribution >= 0.6 is 0 Å². The fourth-order valence-electron chi connectivity index (χ4n) is 1.08. The van der Waals surface area contributed by atoms with E-state index in [-0.39, 0.29) is 5.75 Å². The van der Waals surface area contributed by atoms with Gasteiger partial charge in [-0.25, -0.2) is 19.2 Å². The van der Waals surface area contributed by atoms with Gasteiger partial charge in [0, 0.05) is 19.0 Å². The number of hydrogen-bond acceptors (Lipinski definition) is 7. The molecule has 1 heterocycles. The Morgan fingerprint density at radius 3 is 2.88 bits per heavy atom. The molecule has 1 aromatic heterocycles. The minimum Gasteiger partial charge on any atom is -0.370 e. The summed E-state index contributed by atoms with van der Waals surface area (Å²) in [5.74, 6) is 6.23. The van der Waals surface area contributed by atoms with E-state index in [4.69, 9.17) is 5.84 Å². The van der Waals surface area contributed by atoms with Crippen LogP contribution in [0.4, 0.5) is 11.8 Å². The van der Waals surface area contributed by atoms with Crippen molar-refractivity contribution in [2.24, 2.45) is 5.84 Å². The molecule has 0 aromatic carbocycles. The maximum atomic E-state index is 10.9. The van der Waals surface area contributed by atoms with E-state index in [9.17, 15) is 8.42 Å². The Morgan fingerprint density at radius 2 is 2.25 bits per heavy atom. The summed E-state index contributed by atoms with van der Waals surface area (Å²) in [5.41, 5.74) is 2.32. The molecule has 0 amide bonds. The first-order chi connectivity index (χ1) is 7.51. The van der Waals surface area contributed by atoms with Gasteiger partial charge in [0.1, 0.15) is 15.7 Å². The summed E-state index contributed by atoms with van der Waals surface area (Å²) < 4.78 is 21.7. The van der Waals surface area contributed by atoms with Gasteiger partial charge in [0.15, 0.2) is 0 Å². The summed E-state index contributed by atoms with van der Waals surface area (Å²) in [6.45, 7) is 0.536. The van der Waals surface area contributed by atoms with Gasteiger partial charge in [-0.3, -0.25) is 5.43 Å². The molecule has 1 aromatic rings. The van der Waals surface area contributed by atoms with Gasteiger partial charge in [-0.1, -0.05) is 0 Å². The van der Waals surface area contributed by atoms with Crippen molar-refractivity contribution in [2.75, 3.05) is 29.3 Å². The number of nitrogens with two attached hydrogens (primary N) is 1. The van der Waals surface area contributed by atoms with Gasteiger partial charge < -0.3 is 5.32 Å². The molecule has 0 spiro atoms. The first-order valence-corrected chi connectivity index (χ1v) is 6.78. The molecule has 8 heteroatoms. The number of nitrogens with one attached hydrogen (secondary N) is 2. The van der Waals surface area contributed by atoms with E-state index >= 15 is 0 Å². The third kappa shape index (κ3) is 4.89. The average Bonchev–Trinajstić information content (AvgIpc) is 2.23. The summed E-state index contributed by atoms with van der Waals surface area (Å²) in [6, 6.07) is 1.68. The Balaban J connectivity index is 2.37. The van der Waals surface area contributed by atoms with E-state index in [1.165, 1.54) is 6.26 Å². The van der Waals surface area contributed by atoms with Crippen molar-refractivity contribution in [3.8, 4) is 0 Å². The quantitative estimate of drug-likeness (QED) is 0.355. The number of hydrazine groups is 1. The highest BCUT2D eigenvalue weighted by atomic mass is 32.2. The number of rotatable bonds is 6. The highest BCUT2D eigenvalue weighted by molar-refractivity contribution is 7.90. The topological polar surface area (TPSA) is 110 Å². The van der Waals surface area contributed by atoms with Crippen molar-refractivity contribution >= 4 is 21.6 Å². The molecule has 0 aliphatic rings. The van der Waals surface area contributed by atoms with Gasteiger partial charge in [0.25, 0.3) is 0 Å². The fraction of sp³-hybridized carbons (Fsp3) is 0.500. The Bertz CT molecular complexity index is 434. The number of sulfone groups is 1. The van der Waals surface area contributed by atoms with E-state index in [1.54, 1.807) is 12.3 Å². The molecule has 4 N–H and O–H groups in total. The van der Waals surface area contributed by atoms with Crippen LogP contribution in [0.25, 0.3) is 0 Å². The SMILES string of the molecule is CS(=O)(=O)CCCNc1ccnc(NN)n1. The Labute approximate surface area is 94.4 Å². The van der Waals surface area contributed by atoms with E-state index in [1.807, 2.05) is 0 Å². The van der Waals surface area contributed by atoms with Crippen molar-refractivity contribution in [1.82, 2.24) is 9.97 Å². The normalized spacial score (nSPS) is 11.1. The minimum absolute atomic E-state index is 0.160. The molecule has 0 saturated carbocycles. The minimum atomic E-state index is -2.90. The van der Waals surface area contributed by atoms with E-state index < -0.39 is 9.84 Å². The predicted molar refractivity (Wildman–Crippen MR) is 62.7 cm³/mol. The van der Waals surface area contributed by atoms with Crippen LogP contribution in [0.1, 0.15) is 6.42 Å². The van der Waals surface area contributed by atoms with Crippen LogP contribution in [0.3, 0.4) is 0 Å². The molecule has 0 aliphatic heterocycles. The van der Waals surface area contributed by atoms with Gasteiger partial charge in [0.2, 0.25) is 5.95 Å². The molecule has 0 saturated heterocycles. The Kier molecular flexibility index (Phi) is 4.44. The Hall–Kier alpha value is -1.41. The van der Waals surface area contributed by atoms with E-state index in [0.29, 0.717) is 24.7 Å². The number of nitrogen functional groups attached to an aromatic ring is 1. The van der Waals surface area contributed by atoms with Crippen molar-refractivity contribution in [3.63, 3.8) is 0 Å². The zero-order valence-electron chi connectivity index (χ0n) is 8.97. The molecule has 90 valence electrons. The monoisotopic (exact) mass is 245 g/mol. The number of nitrogens with zero attached hydrogens (tertiary/aromatic N) is 2. The summed E-state index contributed by atoms with van der Waals surface area (Å²) in [4.78, 5) is 7.86. The number of hydrogen-bond donors (Lipinski definition) is 3. The van der Waals surface area contributed by atoms with Crippen molar-refractivity contribution in [2.45, 2.75) is 6.42 Å². The van der Waals surface area contributed by atoms with Crippen LogP contribution in [0.2, 0.25) is 0 Å². The van der Waals surface area contributed by atoms with Crippen LogP contribution in [-0.2, 0) is 9.84 Å². The molecule has 0 bridgehead atoms. The molecule has 0 aliphatic carbocycles. The van der Waals surface area contributed by atoms with Crippen LogP contribution in [0.5, 0.6) is 0 Å². The van der Waals surface area contributed by atoms with Crippen LogP contribution in [0, 0.1) is 0 Å². The summed E-state index contributed by atoms with van der Waals surface area (Å²) >= 11 is 0. The summed E-state index contributed by atoms with van der Waals surface area (Å²) in [6.07, 6.45) is 3.31. The van der Waals surface area contributed by atoms with Crippen molar-refractivity contribution < 1.29 is 8.42 Å². The van der Waals surface area contributed by atoms with Gasteiger partial charge in [0.05, 0.1) is 5.75 Å². The van der Waals surface area contributed by atoms with Crippen molar-refractivity contribution in [3.05, 3.63) is 12.3 Å². The largest absolute Gasteiger partial charge is 0.370 e. The van der Waals surface area contributed by atoms with E-state index in [2.05, 4.69) is 20.7 Å². The van der Waals surface area contributed by atoms with Crippen molar-refractivity contribution in [1.29, 1.82) is 0 Å². The lowest BCUT2D eigenvalue weighted by atomic mass is 10.4. The zero-order chi connectivity index (χ0) is 12.0. The molecule has 1 rings (SSSR count). The maximum absolute atomic E-state index is 10.9. The third-order valence-electron chi connectivity index (χ3n) is 1.78. The molecule has 0 unspecified atom stereocenters. The molecular formula is C8H15N5O2S. The van der Waals surface area contributed by atoms with Crippen LogP contribution in [0.15, 0.2) is 12.3 Å². The average molecular weight is 245 g/mol. The lowest BCUT2D eigenvalue weighted by molar-refractivity contribution is 0.600. The standard InChI is InChI=1S/C8H15N5O2S/c1-16(14,15)6-2-4-10-7-3-5-11-8(12-7)13-9/h3,5H,2,4,6,9H2,1H3,(H2,10,11,12,13).